The maximum absolute atomic E-state index is 9.81. The van der Waals surface area contributed by atoms with Gasteiger partial charge in [0, 0.05) is 31.2 Å². The van der Waals surface area contributed by atoms with Crippen molar-refractivity contribution in [1.82, 2.24) is 15.0 Å². The number of H-pyrrole nitrogens is 1. The summed E-state index contributed by atoms with van der Waals surface area (Å²) in [6.45, 7) is 0. The van der Waals surface area contributed by atoms with Crippen molar-refractivity contribution in [2.75, 3.05) is 0 Å². The van der Waals surface area contributed by atoms with E-state index in [1.807, 2.05) is 0 Å². The second-order valence-electron chi connectivity index (χ2n) is 3.16. The van der Waals surface area contributed by atoms with Crippen molar-refractivity contribution >= 4 is 11.6 Å². The van der Waals surface area contributed by atoms with Crippen LogP contribution in [0.4, 0.5) is 0 Å². The van der Waals surface area contributed by atoms with E-state index in [9.17, 15) is 5.11 Å². The van der Waals surface area contributed by atoms with Crippen LogP contribution in [0.15, 0.2) is 30.9 Å². The molecule has 0 aromatic carbocycles. The van der Waals surface area contributed by atoms with Crippen molar-refractivity contribution in [2.45, 2.75) is 12.5 Å². The lowest BCUT2D eigenvalue weighted by Gasteiger charge is -2.08. The Bertz CT molecular complexity index is 430. The number of hydrogen-bond donors (Lipinski definition) is 2. The van der Waals surface area contributed by atoms with Gasteiger partial charge in [-0.05, 0) is 11.6 Å². The Morgan fingerprint density at radius 2 is 2.33 bits per heavy atom. The molecule has 5 heteroatoms. The maximum Gasteiger partial charge on any atom is 0.135 e. The Morgan fingerprint density at radius 1 is 1.47 bits per heavy atom. The molecule has 2 aromatic heterocycles. The summed E-state index contributed by atoms with van der Waals surface area (Å²) in [6, 6.07) is 1.79. The smallest absolute Gasteiger partial charge is 0.135 e. The number of halogens is 1. The van der Waals surface area contributed by atoms with E-state index >= 15 is 0 Å². The van der Waals surface area contributed by atoms with Crippen LogP contribution in [0.3, 0.4) is 0 Å². The van der Waals surface area contributed by atoms with Gasteiger partial charge in [-0.3, -0.25) is 4.98 Å². The fourth-order valence-electron chi connectivity index (χ4n) is 1.33. The zero-order chi connectivity index (χ0) is 10.7. The molecule has 1 atom stereocenters. The van der Waals surface area contributed by atoms with Crippen LogP contribution in [-0.2, 0) is 6.42 Å². The molecule has 2 rings (SSSR count). The molecule has 0 aliphatic rings. The highest BCUT2D eigenvalue weighted by atomic mass is 35.5. The first kappa shape index (κ1) is 10.1. The third kappa shape index (κ3) is 2.34. The summed E-state index contributed by atoms with van der Waals surface area (Å²) in [4.78, 5) is 10.7. The predicted molar refractivity (Wildman–Crippen MR) is 56.5 cm³/mol. The van der Waals surface area contributed by atoms with Crippen LogP contribution in [0.5, 0.6) is 0 Å². The Morgan fingerprint density at radius 3 is 3.00 bits per heavy atom. The zero-order valence-electron chi connectivity index (χ0n) is 7.89. The molecular weight excluding hydrogens is 214 g/mol. The average Bonchev–Trinajstić information content (AvgIpc) is 2.74. The molecule has 0 spiro atoms. The number of nitrogens with one attached hydrogen (secondary N) is 1. The zero-order valence-corrected chi connectivity index (χ0v) is 8.65. The van der Waals surface area contributed by atoms with Gasteiger partial charge in [0.2, 0.25) is 0 Å². The first-order valence-electron chi connectivity index (χ1n) is 4.53. The number of aliphatic hydroxyl groups is 1. The summed E-state index contributed by atoms with van der Waals surface area (Å²) in [7, 11) is 0. The Labute approximate surface area is 92.0 Å². The molecule has 0 aliphatic heterocycles. The number of pyridine rings is 1. The quantitative estimate of drug-likeness (QED) is 0.833. The molecule has 2 aromatic rings. The number of aromatic amines is 1. The fraction of sp³-hybridized carbons (Fsp3) is 0.200. The summed E-state index contributed by atoms with van der Waals surface area (Å²) < 4.78 is 0. The highest BCUT2D eigenvalue weighted by Gasteiger charge is 2.12. The highest BCUT2D eigenvalue weighted by molar-refractivity contribution is 6.31. The largest absolute Gasteiger partial charge is 0.385 e. The van der Waals surface area contributed by atoms with E-state index < -0.39 is 6.10 Å². The minimum atomic E-state index is -0.667. The molecule has 0 saturated carbocycles. The van der Waals surface area contributed by atoms with Crippen LogP contribution in [0.1, 0.15) is 17.5 Å². The van der Waals surface area contributed by atoms with Crippen molar-refractivity contribution in [3.05, 3.63) is 47.3 Å². The molecule has 2 heterocycles. The molecule has 0 aliphatic carbocycles. The van der Waals surface area contributed by atoms with E-state index in [1.165, 1.54) is 0 Å². The van der Waals surface area contributed by atoms with Crippen LogP contribution in [-0.4, -0.2) is 20.1 Å². The van der Waals surface area contributed by atoms with E-state index in [0.717, 1.165) is 5.56 Å². The molecule has 0 amide bonds. The molecular formula is C10H10ClN3O. The number of nitrogens with zero attached hydrogens (tertiary/aromatic N) is 2. The second-order valence-corrected chi connectivity index (χ2v) is 3.57. The van der Waals surface area contributed by atoms with Gasteiger partial charge in [-0.1, -0.05) is 11.6 Å². The summed E-state index contributed by atoms with van der Waals surface area (Å²) in [5.41, 5.74) is 0.857. The van der Waals surface area contributed by atoms with Crippen LogP contribution < -0.4 is 0 Å². The molecule has 0 saturated heterocycles. The number of aromatic nitrogens is 3. The summed E-state index contributed by atoms with van der Waals surface area (Å²) in [5.74, 6) is 0.544. The van der Waals surface area contributed by atoms with E-state index in [2.05, 4.69) is 15.0 Å². The highest BCUT2D eigenvalue weighted by Crippen LogP contribution is 2.20. The molecule has 0 radical (unpaired) electrons. The first-order chi connectivity index (χ1) is 7.27. The number of rotatable bonds is 3. The van der Waals surface area contributed by atoms with E-state index in [-0.39, 0.29) is 0 Å². The Hall–Kier alpha value is -1.39. The van der Waals surface area contributed by atoms with Crippen molar-refractivity contribution < 1.29 is 5.11 Å². The molecule has 1 unspecified atom stereocenters. The minimum Gasteiger partial charge on any atom is -0.385 e. The first-order valence-corrected chi connectivity index (χ1v) is 4.91. The normalized spacial score (nSPS) is 12.7. The molecule has 78 valence electrons. The monoisotopic (exact) mass is 223 g/mol. The number of imidazole rings is 1. The standard InChI is InChI=1S/C10H10ClN3O/c11-8-6-12-2-1-7(8)5-9(15)10-13-3-4-14-10/h1-4,6,9,15H,5H2,(H,13,14). The summed E-state index contributed by atoms with van der Waals surface area (Å²) in [5, 5.41) is 10.4. The van der Waals surface area contributed by atoms with Crippen LogP contribution in [0.2, 0.25) is 5.02 Å². The van der Waals surface area contributed by atoms with Crippen molar-refractivity contribution in [1.29, 1.82) is 0 Å². The van der Waals surface area contributed by atoms with Crippen molar-refractivity contribution in [3.8, 4) is 0 Å². The van der Waals surface area contributed by atoms with Gasteiger partial charge < -0.3 is 10.1 Å². The minimum absolute atomic E-state index is 0.425. The number of aliphatic hydroxyl groups excluding tert-OH is 1. The topological polar surface area (TPSA) is 61.8 Å². The molecule has 2 N–H and O–H groups in total. The lowest BCUT2D eigenvalue weighted by molar-refractivity contribution is 0.169. The van der Waals surface area contributed by atoms with E-state index in [4.69, 9.17) is 11.6 Å². The maximum atomic E-state index is 9.81. The van der Waals surface area contributed by atoms with Gasteiger partial charge in [0.15, 0.2) is 0 Å². The van der Waals surface area contributed by atoms with Gasteiger partial charge in [-0.25, -0.2) is 4.98 Å². The van der Waals surface area contributed by atoms with Crippen molar-refractivity contribution in [2.24, 2.45) is 0 Å². The molecule has 0 fully saturated rings. The lowest BCUT2D eigenvalue weighted by atomic mass is 10.1. The van der Waals surface area contributed by atoms with Crippen LogP contribution >= 0.6 is 11.6 Å². The van der Waals surface area contributed by atoms with E-state index in [0.29, 0.717) is 17.3 Å². The summed E-state index contributed by atoms with van der Waals surface area (Å²) >= 11 is 5.93. The summed E-state index contributed by atoms with van der Waals surface area (Å²) in [6.07, 6.45) is 6.25. The average molecular weight is 224 g/mol. The fourth-order valence-corrected chi connectivity index (χ4v) is 1.53. The van der Waals surface area contributed by atoms with Crippen molar-refractivity contribution in [3.63, 3.8) is 0 Å². The Kier molecular flexibility index (Phi) is 2.99. The lowest BCUT2D eigenvalue weighted by Crippen LogP contribution is -2.04. The number of hydrogen-bond acceptors (Lipinski definition) is 3. The van der Waals surface area contributed by atoms with Gasteiger partial charge in [0.1, 0.15) is 11.9 Å². The van der Waals surface area contributed by atoms with Gasteiger partial charge in [-0.15, -0.1) is 0 Å². The second kappa shape index (κ2) is 4.42. The van der Waals surface area contributed by atoms with Crippen LogP contribution in [0.25, 0.3) is 0 Å². The SMILES string of the molecule is OC(Cc1ccncc1Cl)c1ncc[nH]1. The van der Waals surface area contributed by atoms with Gasteiger partial charge in [0.25, 0.3) is 0 Å². The third-order valence-electron chi connectivity index (χ3n) is 2.10. The van der Waals surface area contributed by atoms with E-state index in [1.54, 1.807) is 30.9 Å². The molecule has 15 heavy (non-hydrogen) atoms. The predicted octanol–water partition coefficient (Wildman–Crippen LogP) is 1.73. The van der Waals surface area contributed by atoms with Gasteiger partial charge in [-0.2, -0.15) is 0 Å². The molecule has 0 bridgehead atoms. The Balaban J connectivity index is 2.13. The molecule has 4 nitrogen and oxygen atoms in total. The van der Waals surface area contributed by atoms with Crippen LogP contribution in [0, 0.1) is 0 Å². The van der Waals surface area contributed by atoms with Gasteiger partial charge in [0.05, 0.1) is 5.02 Å². The van der Waals surface area contributed by atoms with Gasteiger partial charge >= 0.3 is 0 Å². The third-order valence-corrected chi connectivity index (χ3v) is 2.45.